The number of nitrogens with zero attached hydrogens (tertiary/aromatic N) is 2. The van der Waals surface area contributed by atoms with Crippen molar-refractivity contribution >= 4 is 0 Å². The van der Waals surface area contributed by atoms with Crippen LogP contribution in [0.4, 0.5) is 4.39 Å². The number of hydrogen-bond acceptors (Lipinski definition) is 2. The van der Waals surface area contributed by atoms with Crippen molar-refractivity contribution in [2.45, 2.75) is 109 Å². The van der Waals surface area contributed by atoms with E-state index in [4.69, 9.17) is 4.98 Å². The van der Waals surface area contributed by atoms with Crippen molar-refractivity contribution in [1.29, 1.82) is 5.26 Å². The fourth-order valence-electron chi connectivity index (χ4n) is 5.24. The van der Waals surface area contributed by atoms with Crippen LogP contribution in [0.5, 0.6) is 0 Å². The van der Waals surface area contributed by atoms with Gasteiger partial charge in [0.1, 0.15) is 6.17 Å². The van der Waals surface area contributed by atoms with E-state index in [9.17, 15) is 9.65 Å². The number of aromatic nitrogens is 1. The molecule has 2 aromatic rings. The van der Waals surface area contributed by atoms with Gasteiger partial charge in [-0.3, -0.25) is 4.98 Å². The third-order valence-corrected chi connectivity index (χ3v) is 7.48. The molecular weight excluding hydrogens is 407 g/mol. The van der Waals surface area contributed by atoms with Gasteiger partial charge in [0.2, 0.25) is 0 Å². The minimum Gasteiger partial charge on any atom is -0.256 e. The maximum atomic E-state index is 14.4. The molecule has 178 valence electrons. The molecule has 2 nitrogen and oxygen atoms in total. The van der Waals surface area contributed by atoms with E-state index in [1.165, 1.54) is 36.8 Å². The quantitative estimate of drug-likeness (QED) is 0.304. The third-order valence-electron chi connectivity index (χ3n) is 7.48. The first-order chi connectivity index (χ1) is 16.1. The molecule has 0 amide bonds. The predicted molar refractivity (Wildman–Crippen MR) is 136 cm³/mol. The number of rotatable bonds is 12. The summed E-state index contributed by atoms with van der Waals surface area (Å²) >= 11 is 0. The number of benzene rings is 1. The van der Waals surface area contributed by atoms with Crippen LogP contribution in [0.2, 0.25) is 0 Å². The summed E-state index contributed by atoms with van der Waals surface area (Å²) in [6.07, 6.45) is 13.9. The van der Waals surface area contributed by atoms with E-state index in [1.54, 1.807) is 0 Å². The van der Waals surface area contributed by atoms with Crippen LogP contribution in [-0.2, 0) is 6.42 Å². The third kappa shape index (κ3) is 7.39. The summed E-state index contributed by atoms with van der Waals surface area (Å²) in [6.45, 7) is 4.33. The Labute approximate surface area is 200 Å². The van der Waals surface area contributed by atoms with Gasteiger partial charge in [-0.1, -0.05) is 76.3 Å². The lowest BCUT2D eigenvalue weighted by Crippen LogP contribution is -2.28. The lowest BCUT2D eigenvalue weighted by Gasteiger charge is -2.36. The van der Waals surface area contributed by atoms with Gasteiger partial charge in [-0.05, 0) is 74.5 Å². The van der Waals surface area contributed by atoms with Gasteiger partial charge in [-0.15, -0.1) is 0 Å². The number of pyridine rings is 1. The fourth-order valence-corrected chi connectivity index (χ4v) is 5.24. The van der Waals surface area contributed by atoms with Crippen LogP contribution >= 0.6 is 0 Å². The highest BCUT2D eigenvalue weighted by atomic mass is 19.1. The molecule has 0 bridgehead atoms. The first kappa shape index (κ1) is 25.4. The Hall–Kier alpha value is -2.21. The normalized spacial score (nSPS) is 21.5. The van der Waals surface area contributed by atoms with Crippen molar-refractivity contribution in [2.24, 2.45) is 5.41 Å². The molecule has 0 saturated heterocycles. The Kier molecular flexibility index (Phi) is 9.92. The lowest BCUT2D eigenvalue weighted by atomic mass is 9.67. The second kappa shape index (κ2) is 12.9. The molecule has 0 N–H and O–H groups in total. The van der Waals surface area contributed by atoms with E-state index in [-0.39, 0.29) is 0 Å². The largest absolute Gasteiger partial charge is 0.256 e. The van der Waals surface area contributed by atoms with Gasteiger partial charge >= 0.3 is 0 Å². The molecule has 0 spiro atoms. The van der Waals surface area contributed by atoms with Crippen LogP contribution in [0.1, 0.15) is 108 Å². The summed E-state index contributed by atoms with van der Waals surface area (Å²) in [5, 5.41) is 9.80. The number of unbranched alkanes of at least 4 members (excludes halogenated alkanes) is 4. The van der Waals surface area contributed by atoms with E-state index in [1.807, 2.05) is 6.20 Å². The van der Waals surface area contributed by atoms with Crippen LogP contribution in [0, 0.1) is 16.7 Å². The second-order valence-corrected chi connectivity index (χ2v) is 10.1. The molecule has 1 aromatic carbocycles. The molecule has 1 heterocycles. The molecule has 1 aliphatic rings. The van der Waals surface area contributed by atoms with Crippen molar-refractivity contribution in [3.8, 4) is 17.3 Å². The molecule has 1 fully saturated rings. The van der Waals surface area contributed by atoms with Crippen LogP contribution in [-0.4, -0.2) is 11.2 Å². The molecule has 0 aliphatic heterocycles. The molecule has 3 rings (SSSR count). The Bertz CT molecular complexity index is 858. The topological polar surface area (TPSA) is 36.7 Å². The second-order valence-electron chi connectivity index (χ2n) is 10.1. The van der Waals surface area contributed by atoms with E-state index < -0.39 is 11.6 Å². The summed E-state index contributed by atoms with van der Waals surface area (Å²) < 4.78 is 14.4. The first-order valence-corrected chi connectivity index (χ1v) is 13.2. The zero-order chi connectivity index (χ0) is 23.5. The minimum absolute atomic E-state index is 0.412. The van der Waals surface area contributed by atoms with Crippen molar-refractivity contribution in [2.75, 3.05) is 0 Å². The molecular formula is C30H41FN2. The Morgan fingerprint density at radius 3 is 2.33 bits per heavy atom. The predicted octanol–water partition coefficient (Wildman–Crippen LogP) is 8.96. The molecule has 33 heavy (non-hydrogen) atoms. The Morgan fingerprint density at radius 2 is 1.73 bits per heavy atom. The summed E-state index contributed by atoms with van der Waals surface area (Å²) in [7, 11) is 0. The average molecular weight is 449 g/mol. The van der Waals surface area contributed by atoms with Crippen LogP contribution in [0.15, 0.2) is 42.6 Å². The van der Waals surface area contributed by atoms with Crippen LogP contribution in [0.3, 0.4) is 0 Å². The fraction of sp³-hybridized carbons (Fsp3) is 0.600. The molecule has 3 heteroatoms. The van der Waals surface area contributed by atoms with Gasteiger partial charge in [0.05, 0.1) is 17.2 Å². The van der Waals surface area contributed by atoms with Gasteiger partial charge in [0.25, 0.3) is 0 Å². The number of hydrogen-bond donors (Lipinski definition) is 0. The van der Waals surface area contributed by atoms with Crippen molar-refractivity contribution < 1.29 is 4.39 Å². The molecule has 1 atom stereocenters. The lowest BCUT2D eigenvalue weighted by molar-refractivity contribution is 0.158. The number of halogens is 1. The minimum atomic E-state index is -0.837. The van der Waals surface area contributed by atoms with E-state index in [0.29, 0.717) is 18.8 Å². The van der Waals surface area contributed by atoms with Gasteiger partial charge < -0.3 is 0 Å². The van der Waals surface area contributed by atoms with Crippen molar-refractivity contribution in [1.82, 2.24) is 4.98 Å². The van der Waals surface area contributed by atoms with Gasteiger partial charge in [0, 0.05) is 11.8 Å². The van der Waals surface area contributed by atoms with E-state index in [2.05, 4.69) is 56.3 Å². The van der Waals surface area contributed by atoms with Crippen LogP contribution < -0.4 is 0 Å². The van der Waals surface area contributed by atoms with Crippen LogP contribution in [0.25, 0.3) is 11.3 Å². The highest BCUT2D eigenvalue weighted by Gasteiger charge is 2.37. The monoisotopic (exact) mass is 448 g/mol. The zero-order valence-electron chi connectivity index (χ0n) is 20.7. The number of aryl methyl sites for hydroxylation is 1. The van der Waals surface area contributed by atoms with Crippen molar-refractivity contribution in [3.63, 3.8) is 0 Å². The zero-order valence-corrected chi connectivity index (χ0v) is 20.7. The molecule has 1 aliphatic carbocycles. The van der Waals surface area contributed by atoms with Gasteiger partial charge in [0.15, 0.2) is 0 Å². The summed E-state index contributed by atoms with van der Waals surface area (Å²) in [5.41, 5.74) is 4.36. The standard InChI is InChI=1S/C30H41FN2/c1-3-5-7-8-9-24-11-16-29(33-22-24)27-14-12-25(13-15-27)26-17-19-30(23-32,20-18-26)21-28(31)10-6-4-2/h11-16,22,26,28H,3-10,17-21H2,1-2H3. The molecule has 1 unspecified atom stereocenters. The summed E-state index contributed by atoms with van der Waals surface area (Å²) in [5.74, 6) is 0.465. The van der Waals surface area contributed by atoms with Crippen molar-refractivity contribution in [3.05, 3.63) is 53.7 Å². The summed E-state index contributed by atoms with van der Waals surface area (Å²) in [4.78, 5) is 4.70. The van der Waals surface area contributed by atoms with E-state index >= 15 is 0 Å². The first-order valence-electron chi connectivity index (χ1n) is 13.2. The maximum absolute atomic E-state index is 14.4. The molecule has 0 radical (unpaired) electrons. The Balaban J connectivity index is 1.54. The Morgan fingerprint density at radius 1 is 1.00 bits per heavy atom. The smallest absolute Gasteiger partial charge is 0.102 e. The SMILES string of the molecule is CCCCCCc1ccc(-c2ccc(C3CCC(C#N)(CC(F)CCCC)CC3)cc2)nc1. The van der Waals surface area contributed by atoms with Gasteiger partial charge in [-0.25, -0.2) is 4.39 Å². The molecule has 1 saturated carbocycles. The van der Waals surface area contributed by atoms with Gasteiger partial charge in [-0.2, -0.15) is 5.26 Å². The highest BCUT2D eigenvalue weighted by molar-refractivity contribution is 5.59. The average Bonchev–Trinajstić information content (AvgIpc) is 2.86. The maximum Gasteiger partial charge on any atom is 0.102 e. The summed E-state index contributed by atoms with van der Waals surface area (Å²) in [6, 6.07) is 15.6. The highest BCUT2D eigenvalue weighted by Crippen LogP contribution is 2.46. The van der Waals surface area contributed by atoms with E-state index in [0.717, 1.165) is 56.2 Å². The number of alkyl halides is 1. The number of nitriles is 1. The molecule has 1 aromatic heterocycles.